The molecule has 0 saturated heterocycles. The summed E-state index contributed by atoms with van der Waals surface area (Å²) in [5, 5.41) is 2.89. The van der Waals surface area contributed by atoms with Gasteiger partial charge in [-0.15, -0.1) is 0 Å². The van der Waals surface area contributed by atoms with Crippen LogP contribution in [-0.2, 0) is 4.79 Å². The van der Waals surface area contributed by atoms with Gasteiger partial charge in [0.2, 0.25) is 0 Å². The van der Waals surface area contributed by atoms with Crippen LogP contribution >= 0.6 is 0 Å². The fourth-order valence-corrected chi connectivity index (χ4v) is 2.18. The highest BCUT2D eigenvalue weighted by atomic mass is 16.5. The van der Waals surface area contributed by atoms with Crippen molar-refractivity contribution in [3.05, 3.63) is 41.1 Å². The van der Waals surface area contributed by atoms with Gasteiger partial charge in [-0.2, -0.15) is 0 Å². The number of nitrogens with two attached hydrogens (primary N) is 1. The second kappa shape index (κ2) is 5.14. The standard InChI is InChI=1S/C14H17N3O2/c1-8-12(9(2)18)13(17-14(15)16-8)10-4-6-11(19-3)7-5-10/h4-7,13H,1-3H3,(H3,15,16,17). The van der Waals surface area contributed by atoms with Crippen molar-refractivity contribution in [3.63, 3.8) is 0 Å². The van der Waals surface area contributed by atoms with Crippen molar-refractivity contribution in [2.24, 2.45) is 10.7 Å². The highest BCUT2D eigenvalue weighted by Crippen LogP contribution is 2.31. The first-order valence-electron chi connectivity index (χ1n) is 5.99. The van der Waals surface area contributed by atoms with E-state index < -0.39 is 0 Å². The monoisotopic (exact) mass is 259 g/mol. The number of aliphatic imine (C=N–C) groups is 1. The van der Waals surface area contributed by atoms with Crippen LogP contribution in [0.25, 0.3) is 0 Å². The molecule has 0 radical (unpaired) electrons. The van der Waals surface area contributed by atoms with Crippen molar-refractivity contribution in [2.75, 3.05) is 7.11 Å². The lowest BCUT2D eigenvalue weighted by molar-refractivity contribution is -0.113. The predicted molar refractivity (Wildman–Crippen MR) is 73.9 cm³/mol. The summed E-state index contributed by atoms with van der Waals surface area (Å²) in [5.74, 6) is 1.07. The third-order valence-electron chi connectivity index (χ3n) is 3.07. The van der Waals surface area contributed by atoms with Crippen LogP contribution < -0.4 is 15.8 Å². The predicted octanol–water partition coefficient (Wildman–Crippen LogP) is 1.52. The summed E-state index contributed by atoms with van der Waals surface area (Å²) in [7, 11) is 1.61. The highest BCUT2D eigenvalue weighted by Gasteiger charge is 2.26. The van der Waals surface area contributed by atoms with Crippen molar-refractivity contribution >= 4 is 11.7 Å². The number of methoxy groups -OCH3 is 1. The van der Waals surface area contributed by atoms with E-state index in [9.17, 15) is 4.79 Å². The van der Waals surface area contributed by atoms with Crippen LogP contribution in [0, 0.1) is 0 Å². The molecule has 1 aliphatic rings. The van der Waals surface area contributed by atoms with Crippen LogP contribution in [-0.4, -0.2) is 18.9 Å². The minimum atomic E-state index is -0.357. The molecular formula is C14H17N3O2. The van der Waals surface area contributed by atoms with Gasteiger partial charge in [-0.05, 0) is 31.5 Å². The number of rotatable bonds is 3. The Bertz CT molecular complexity index is 559. The van der Waals surface area contributed by atoms with Crippen LogP contribution in [0.1, 0.15) is 25.5 Å². The first-order chi connectivity index (χ1) is 9.02. The lowest BCUT2D eigenvalue weighted by Crippen LogP contribution is -2.36. The molecule has 0 bridgehead atoms. The van der Waals surface area contributed by atoms with E-state index >= 15 is 0 Å². The maximum absolute atomic E-state index is 11.8. The lowest BCUT2D eigenvalue weighted by atomic mass is 9.94. The Hall–Kier alpha value is -2.30. The third-order valence-corrected chi connectivity index (χ3v) is 3.07. The molecule has 0 saturated carbocycles. The summed E-state index contributed by atoms with van der Waals surface area (Å²) in [4.78, 5) is 16.1. The summed E-state index contributed by atoms with van der Waals surface area (Å²) >= 11 is 0. The number of ketones is 1. The second-order valence-electron chi connectivity index (χ2n) is 4.41. The Morgan fingerprint density at radius 2 is 2.00 bits per heavy atom. The van der Waals surface area contributed by atoms with Crippen molar-refractivity contribution in [2.45, 2.75) is 19.9 Å². The highest BCUT2D eigenvalue weighted by molar-refractivity contribution is 5.98. The van der Waals surface area contributed by atoms with Gasteiger partial charge in [0.1, 0.15) is 11.8 Å². The van der Waals surface area contributed by atoms with Crippen molar-refractivity contribution in [3.8, 4) is 5.75 Å². The van der Waals surface area contributed by atoms with Gasteiger partial charge in [-0.3, -0.25) is 4.79 Å². The summed E-state index contributed by atoms with van der Waals surface area (Å²) in [5.41, 5.74) is 8.04. The smallest absolute Gasteiger partial charge is 0.193 e. The van der Waals surface area contributed by atoms with E-state index in [-0.39, 0.29) is 11.8 Å². The number of benzene rings is 1. The van der Waals surface area contributed by atoms with Crippen LogP contribution in [0.2, 0.25) is 0 Å². The molecule has 5 nitrogen and oxygen atoms in total. The average molecular weight is 259 g/mol. The van der Waals surface area contributed by atoms with E-state index in [1.54, 1.807) is 7.11 Å². The molecule has 1 unspecified atom stereocenters. The molecule has 5 heteroatoms. The number of Topliss-reactive ketones (excluding diaryl/α,β-unsaturated/α-hetero) is 1. The SMILES string of the molecule is COc1ccc(C2N=C(N)NC(C)=C2C(C)=O)cc1. The van der Waals surface area contributed by atoms with Crippen molar-refractivity contribution in [1.82, 2.24) is 5.32 Å². The van der Waals surface area contributed by atoms with Gasteiger partial charge in [0.25, 0.3) is 0 Å². The first-order valence-corrected chi connectivity index (χ1v) is 5.99. The Labute approximate surface area is 112 Å². The van der Waals surface area contributed by atoms with Crippen LogP contribution in [0.3, 0.4) is 0 Å². The van der Waals surface area contributed by atoms with Gasteiger partial charge < -0.3 is 15.8 Å². The molecule has 1 heterocycles. The molecule has 0 amide bonds. The molecular weight excluding hydrogens is 242 g/mol. The van der Waals surface area contributed by atoms with Gasteiger partial charge in [-0.1, -0.05) is 12.1 Å². The number of hydrogen-bond donors (Lipinski definition) is 2. The second-order valence-corrected chi connectivity index (χ2v) is 4.41. The number of carbonyl (C=O) groups excluding carboxylic acids is 1. The number of nitrogens with zero attached hydrogens (tertiary/aromatic N) is 1. The van der Waals surface area contributed by atoms with E-state index in [0.29, 0.717) is 11.5 Å². The molecule has 0 aromatic heterocycles. The van der Waals surface area contributed by atoms with E-state index in [0.717, 1.165) is 17.0 Å². The molecule has 1 atom stereocenters. The molecule has 1 aliphatic heterocycles. The Morgan fingerprint density at radius 1 is 1.37 bits per heavy atom. The van der Waals surface area contributed by atoms with E-state index in [2.05, 4.69) is 10.3 Å². The number of allylic oxidation sites excluding steroid dienone is 1. The fraction of sp³-hybridized carbons (Fsp3) is 0.286. The Balaban J connectivity index is 2.44. The summed E-state index contributed by atoms with van der Waals surface area (Å²) in [6, 6.07) is 7.11. The average Bonchev–Trinajstić information content (AvgIpc) is 2.37. The number of nitrogens with one attached hydrogen (secondary N) is 1. The van der Waals surface area contributed by atoms with Crippen LogP contribution in [0.5, 0.6) is 5.75 Å². The Morgan fingerprint density at radius 3 is 2.53 bits per heavy atom. The minimum Gasteiger partial charge on any atom is -0.497 e. The maximum atomic E-state index is 11.8. The van der Waals surface area contributed by atoms with Gasteiger partial charge >= 0.3 is 0 Å². The zero-order chi connectivity index (χ0) is 14.0. The van der Waals surface area contributed by atoms with E-state index in [1.165, 1.54) is 6.92 Å². The van der Waals surface area contributed by atoms with Crippen LogP contribution in [0.4, 0.5) is 0 Å². The maximum Gasteiger partial charge on any atom is 0.193 e. The molecule has 1 aromatic rings. The molecule has 2 rings (SSSR count). The molecule has 0 fully saturated rings. The van der Waals surface area contributed by atoms with Crippen molar-refractivity contribution in [1.29, 1.82) is 0 Å². The van der Waals surface area contributed by atoms with E-state index in [4.69, 9.17) is 10.5 Å². The van der Waals surface area contributed by atoms with Crippen LogP contribution in [0.15, 0.2) is 40.5 Å². The van der Waals surface area contributed by atoms with E-state index in [1.807, 2.05) is 31.2 Å². The van der Waals surface area contributed by atoms with Gasteiger partial charge in [0, 0.05) is 11.3 Å². The van der Waals surface area contributed by atoms with Gasteiger partial charge in [0.15, 0.2) is 11.7 Å². The van der Waals surface area contributed by atoms with Gasteiger partial charge in [-0.25, -0.2) is 4.99 Å². The zero-order valence-electron chi connectivity index (χ0n) is 11.2. The molecule has 100 valence electrons. The third kappa shape index (κ3) is 2.59. The van der Waals surface area contributed by atoms with Crippen molar-refractivity contribution < 1.29 is 9.53 Å². The number of hydrogen-bond acceptors (Lipinski definition) is 5. The lowest BCUT2D eigenvalue weighted by Gasteiger charge is -2.24. The fourth-order valence-electron chi connectivity index (χ4n) is 2.18. The summed E-state index contributed by atoms with van der Waals surface area (Å²) in [6.07, 6.45) is 0. The number of ether oxygens (including phenoxy) is 1. The van der Waals surface area contributed by atoms with Gasteiger partial charge in [0.05, 0.1) is 7.11 Å². The normalized spacial score (nSPS) is 18.7. The molecule has 1 aromatic carbocycles. The number of guanidine groups is 1. The Kier molecular flexibility index (Phi) is 3.55. The molecule has 0 spiro atoms. The zero-order valence-corrected chi connectivity index (χ0v) is 11.2. The number of carbonyl (C=O) groups is 1. The summed E-state index contributed by atoms with van der Waals surface area (Å²) < 4.78 is 5.12. The molecule has 0 aliphatic carbocycles. The topological polar surface area (TPSA) is 76.7 Å². The molecule has 3 N–H and O–H groups in total. The summed E-state index contributed by atoms with van der Waals surface area (Å²) in [6.45, 7) is 3.36. The largest absolute Gasteiger partial charge is 0.497 e. The quantitative estimate of drug-likeness (QED) is 0.862. The first kappa shape index (κ1) is 13.1. The minimum absolute atomic E-state index is 0.0120. The molecule has 19 heavy (non-hydrogen) atoms.